The van der Waals surface area contributed by atoms with Crippen LogP contribution in [0.4, 0.5) is 19.0 Å². The molecule has 0 saturated heterocycles. The van der Waals surface area contributed by atoms with Crippen LogP contribution < -0.4 is 5.32 Å². The number of alkyl halides is 3. The fraction of sp³-hybridized carbons (Fsp3) is 0.286. The maximum atomic E-state index is 12.2. The maximum absolute atomic E-state index is 12.2. The van der Waals surface area contributed by atoms with Gasteiger partial charge in [0.1, 0.15) is 10.5 Å². The zero-order chi connectivity index (χ0) is 10.1. The number of hydrogen-bond donors (Lipinski definition) is 2. The first-order valence-electron chi connectivity index (χ1n) is 3.43. The number of rotatable bonds is 1. The van der Waals surface area contributed by atoms with Crippen molar-refractivity contribution >= 4 is 18.0 Å². The third-order valence-electron chi connectivity index (χ3n) is 1.48. The van der Waals surface area contributed by atoms with Crippen LogP contribution in [0.15, 0.2) is 12.1 Å². The first-order valence-corrected chi connectivity index (χ1v) is 3.84. The molecule has 0 aliphatic carbocycles. The molecule has 0 fully saturated rings. The first-order chi connectivity index (χ1) is 5.95. The number of aromatic nitrogens is 1. The normalized spacial score (nSPS) is 11.4. The lowest BCUT2D eigenvalue weighted by molar-refractivity contribution is -0.138. The van der Waals surface area contributed by atoms with Crippen LogP contribution in [0.1, 0.15) is 5.56 Å². The summed E-state index contributed by atoms with van der Waals surface area (Å²) in [6.07, 6.45) is -4.39. The van der Waals surface area contributed by atoms with E-state index in [9.17, 15) is 13.2 Å². The molecule has 0 aliphatic heterocycles. The van der Waals surface area contributed by atoms with Gasteiger partial charge in [-0.05, 0) is 12.1 Å². The molecule has 2 N–H and O–H groups in total. The Hall–Kier alpha value is -1.04. The summed E-state index contributed by atoms with van der Waals surface area (Å²) in [5, 5.41) is 2.66. The molecule has 0 bridgehead atoms. The van der Waals surface area contributed by atoms with Crippen LogP contribution in [0.2, 0.25) is 0 Å². The Morgan fingerprint density at radius 3 is 2.38 bits per heavy atom. The summed E-state index contributed by atoms with van der Waals surface area (Å²) in [6.45, 7) is 0. The van der Waals surface area contributed by atoms with Crippen LogP contribution in [-0.2, 0) is 6.18 Å². The van der Waals surface area contributed by atoms with Gasteiger partial charge in [-0.1, -0.05) is 12.2 Å². The molecule has 6 heteroatoms. The van der Waals surface area contributed by atoms with E-state index < -0.39 is 11.7 Å². The van der Waals surface area contributed by atoms with Crippen LogP contribution in [0, 0.1) is 4.64 Å². The standard InChI is InChI=1S/C7H7F3N2S/c1-11-5-3-2-4(6(13)12-5)7(8,9)10/h2-3H,1H3,(H2,11,12,13). The molecule has 1 aromatic heterocycles. The minimum absolute atomic E-state index is 0.306. The van der Waals surface area contributed by atoms with E-state index in [2.05, 4.69) is 22.5 Å². The second-order valence-corrected chi connectivity index (χ2v) is 2.77. The predicted octanol–water partition coefficient (Wildman–Crippen LogP) is 2.80. The summed E-state index contributed by atoms with van der Waals surface area (Å²) >= 11 is 4.54. The number of anilines is 1. The lowest BCUT2D eigenvalue weighted by Gasteiger charge is -2.07. The van der Waals surface area contributed by atoms with Gasteiger partial charge >= 0.3 is 6.18 Å². The Morgan fingerprint density at radius 1 is 1.38 bits per heavy atom. The Balaban J connectivity index is 3.21. The summed E-state index contributed by atoms with van der Waals surface area (Å²) in [5.74, 6) is 0.456. The average molecular weight is 208 g/mol. The number of nitrogens with one attached hydrogen (secondary N) is 2. The monoisotopic (exact) mass is 208 g/mol. The SMILES string of the molecule is CNc1ccc(C(F)(F)F)c(=S)[nH]1. The Labute approximate surface area is 77.8 Å². The summed E-state index contributed by atoms with van der Waals surface area (Å²) in [5.41, 5.74) is -0.818. The third-order valence-corrected chi connectivity index (χ3v) is 1.81. The molecule has 1 aromatic rings. The fourth-order valence-corrected chi connectivity index (χ4v) is 1.14. The lowest BCUT2D eigenvalue weighted by Crippen LogP contribution is -2.07. The maximum Gasteiger partial charge on any atom is 0.419 e. The van der Waals surface area contributed by atoms with Crippen molar-refractivity contribution in [1.29, 1.82) is 0 Å². The van der Waals surface area contributed by atoms with E-state index >= 15 is 0 Å². The summed E-state index contributed by atoms with van der Waals surface area (Å²) < 4.78 is 36.2. The average Bonchev–Trinajstić information content (AvgIpc) is 2.01. The Morgan fingerprint density at radius 2 is 2.00 bits per heavy atom. The second-order valence-electron chi connectivity index (χ2n) is 2.36. The first kappa shape index (κ1) is 10.0. The number of H-pyrrole nitrogens is 1. The lowest BCUT2D eigenvalue weighted by atomic mass is 10.3. The number of halogens is 3. The Bertz CT molecular complexity index is 355. The summed E-state index contributed by atoms with van der Waals surface area (Å²) in [4.78, 5) is 2.42. The minimum Gasteiger partial charge on any atom is -0.375 e. The molecule has 72 valence electrons. The number of aromatic amines is 1. The van der Waals surface area contributed by atoms with Crippen molar-refractivity contribution in [3.8, 4) is 0 Å². The van der Waals surface area contributed by atoms with Crippen LogP contribution >= 0.6 is 12.2 Å². The predicted molar refractivity (Wildman–Crippen MR) is 46.2 cm³/mol. The van der Waals surface area contributed by atoms with Crippen molar-refractivity contribution in [3.63, 3.8) is 0 Å². The van der Waals surface area contributed by atoms with Crippen LogP contribution in [0.3, 0.4) is 0 Å². The molecule has 0 aliphatic rings. The van der Waals surface area contributed by atoms with Crippen molar-refractivity contribution in [2.45, 2.75) is 6.18 Å². The molecule has 0 amide bonds. The molecule has 0 aromatic carbocycles. The van der Waals surface area contributed by atoms with Gasteiger partial charge in [0.2, 0.25) is 0 Å². The van der Waals surface area contributed by atoms with E-state index in [1.807, 2.05) is 0 Å². The molecule has 0 unspecified atom stereocenters. The van der Waals surface area contributed by atoms with E-state index in [4.69, 9.17) is 0 Å². The topological polar surface area (TPSA) is 27.8 Å². The van der Waals surface area contributed by atoms with Crippen molar-refractivity contribution in [2.75, 3.05) is 12.4 Å². The van der Waals surface area contributed by atoms with E-state index in [0.29, 0.717) is 5.82 Å². The van der Waals surface area contributed by atoms with Crippen LogP contribution in [0.5, 0.6) is 0 Å². The highest BCUT2D eigenvalue weighted by Crippen LogP contribution is 2.29. The molecule has 1 rings (SSSR count). The molecule has 0 radical (unpaired) electrons. The summed E-state index contributed by atoms with van der Waals surface area (Å²) in [6, 6.07) is 2.24. The molecular formula is C7H7F3N2S. The van der Waals surface area contributed by atoms with Gasteiger partial charge in [0.15, 0.2) is 0 Å². The van der Waals surface area contributed by atoms with Crippen molar-refractivity contribution in [3.05, 3.63) is 22.3 Å². The minimum atomic E-state index is -4.39. The van der Waals surface area contributed by atoms with E-state index in [1.165, 1.54) is 6.07 Å². The highest BCUT2D eigenvalue weighted by Gasteiger charge is 2.32. The highest BCUT2D eigenvalue weighted by molar-refractivity contribution is 7.71. The summed E-state index contributed by atoms with van der Waals surface area (Å²) in [7, 11) is 1.59. The molecule has 0 saturated carbocycles. The van der Waals surface area contributed by atoms with Crippen molar-refractivity contribution < 1.29 is 13.2 Å². The van der Waals surface area contributed by atoms with Gasteiger partial charge in [-0.2, -0.15) is 13.2 Å². The second kappa shape index (κ2) is 3.37. The van der Waals surface area contributed by atoms with Crippen LogP contribution in [0.25, 0.3) is 0 Å². The molecule has 0 atom stereocenters. The largest absolute Gasteiger partial charge is 0.419 e. The van der Waals surface area contributed by atoms with Crippen molar-refractivity contribution in [2.24, 2.45) is 0 Å². The van der Waals surface area contributed by atoms with E-state index in [0.717, 1.165) is 6.07 Å². The molecule has 13 heavy (non-hydrogen) atoms. The van der Waals surface area contributed by atoms with Crippen molar-refractivity contribution in [1.82, 2.24) is 4.98 Å². The zero-order valence-corrected chi connectivity index (χ0v) is 7.51. The third kappa shape index (κ3) is 2.21. The molecule has 1 heterocycles. The smallest absolute Gasteiger partial charge is 0.375 e. The zero-order valence-electron chi connectivity index (χ0n) is 6.70. The van der Waals surface area contributed by atoms with Gasteiger partial charge in [0, 0.05) is 7.05 Å². The van der Waals surface area contributed by atoms with Gasteiger partial charge in [-0.25, -0.2) is 0 Å². The van der Waals surface area contributed by atoms with E-state index in [1.54, 1.807) is 7.05 Å². The van der Waals surface area contributed by atoms with Gasteiger partial charge < -0.3 is 10.3 Å². The van der Waals surface area contributed by atoms with E-state index in [-0.39, 0.29) is 4.64 Å². The molecule has 2 nitrogen and oxygen atoms in total. The molecule has 0 spiro atoms. The van der Waals surface area contributed by atoms with Gasteiger partial charge in [-0.3, -0.25) is 0 Å². The van der Waals surface area contributed by atoms with Gasteiger partial charge in [0.05, 0.1) is 5.56 Å². The quantitative estimate of drug-likeness (QED) is 0.694. The number of hydrogen-bond acceptors (Lipinski definition) is 2. The van der Waals surface area contributed by atoms with Gasteiger partial charge in [-0.15, -0.1) is 0 Å². The highest BCUT2D eigenvalue weighted by atomic mass is 32.1. The van der Waals surface area contributed by atoms with Crippen LogP contribution in [-0.4, -0.2) is 12.0 Å². The fourth-order valence-electron chi connectivity index (χ4n) is 0.843. The number of pyridine rings is 1. The Kier molecular flexibility index (Phi) is 2.60. The molecular weight excluding hydrogens is 201 g/mol. The van der Waals surface area contributed by atoms with Gasteiger partial charge in [0.25, 0.3) is 0 Å².